The Morgan fingerprint density at radius 2 is 1.93 bits per heavy atom. The molecule has 0 heterocycles. The molecule has 0 aliphatic heterocycles. The Kier molecular flexibility index (Phi) is 7.79. The molecule has 0 bridgehead atoms. The van der Waals surface area contributed by atoms with Crippen LogP contribution < -0.4 is 5.32 Å². The number of aliphatic hydroxyl groups is 1. The van der Waals surface area contributed by atoms with Crippen molar-refractivity contribution in [2.24, 2.45) is 0 Å². The van der Waals surface area contributed by atoms with Gasteiger partial charge in [-0.25, -0.2) is 0 Å². The lowest BCUT2D eigenvalue weighted by Crippen LogP contribution is -2.50. The first-order valence-corrected chi connectivity index (χ1v) is 6.15. The van der Waals surface area contributed by atoms with Crippen molar-refractivity contribution >= 4 is 17.5 Å². The minimum Gasteiger partial charge on any atom is -0.394 e. The fourth-order valence-electron chi connectivity index (χ4n) is 1.43. The van der Waals surface area contributed by atoms with Gasteiger partial charge in [-0.15, -0.1) is 11.6 Å². The molecule has 4 heteroatoms. The van der Waals surface area contributed by atoms with E-state index in [-0.39, 0.29) is 12.5 Å². The number of amides is 1. The van der Waals surface area contributed by atoms with E-state index in [4.69, 9.17) is 11.6 Å². The lowest BCUT2D eigenvalue weighted by molar-refractivity contribution is -0.123. The molecule has 0 aromatic carbocycles. The van der Waals surface area contributed by atoms with Crippen molar-refractivity contribution in [1.82, 2.24) is 5.32 Å². The van der Waals surface area contributed by atoms with Crippen molar-refractivity contribution in [3.8, 4) is 0 Å². The third kappa shape index (κ3) is 5.38. The fourth-order valence-corrected chi connectivity index (χ4v) is 1.62. The smallest absolute Gasteiger partial charge is 0.220 e. The normalized spacial score (nSPS) is 11.5. The van der Waals surface area contributed by atoms with Crippen molar-refractivity contribution in [3.05, 3.63) is 0 Å². The first kappa shape index (κ1) is 14.7. The first-order valence-electron chi connectivity index (χ1n) is 5.62. The molecule has 3 nitrogen and oxygen atoms in total. The van der Waals surface area contributed by atoms with E-state index in [9.17, 15) is 9.90 Å². The summed E-state index contributed by atoms with van der Waals surface area (Å²) in [7, 11) is 0. The van der Waals surface area contributed by atoms with Crippen LogP contribution in [0, 0.1) is 0 Å². The summed E-state index contributed by atoms with van der Waals surface area (Å²) in [4.78, 5) is 11.5. The van der Waals surface area contributed by atoms with Crippen LogP contribution in [0.15, 0.2) is 0 Å². The van der Waals surface area contributed by atoms with Crippen LogP contribution in [0.1, 0.15) is 46.0 Å². The van der Waals surface area contributed by atoms with Crippen LogP contribution >= 0.6 is 11.6 Å². The molecule has 2 N–H and O–H groups in total. The summed E-state index contributed by atoms with van der Waals surface area (Å²) in [5.41, 5.74) is -0.432. The van der Waals surface area contributed by atoms with E-state index in [1.807, 2.05) is 13.8 Å². The second kappa shape index (κ2) is 7.94. The molecule has 0 aliphatic carbocycles. The van der Waals surface area contributed by atoms with Gasteiger partial charge in [-0.1, -0.05) is 13.8 Å². The number of carbonyl (C=O) groups excluding carboxylic acids is 1. The van der Waals surface area contributed by atoms with Gasteiger partial charge < -0.3 is 10.4 Å². The van der Waals surface area contributed by atoms with E-state index in [1.54, 1.807) is 0 Å². The lowest BCUT2D eigenvalue weighted by Gasteiger charge is -2.30. The molecule has 0 atom stereocenters. The van der Waals surface area contributed by atoms with E-state index in [0.717, 1.165) is 25.7 Å². The van der Waals surface area contributed by atoms with Crippen LogP contribution in [-0.4, -0.2) is 29.0 Å². The summed E-state index contributed by atoms with van der Waals surface area (Å²) in [5.74, 6) is 0.609. The summed E-state index contributed by atoms with van der Waals surface area (Å²) in [6.07, 6.45) is 3.67. The van der Waals surface area contributed by atoms with Gasteiger partial charge in [0.1, 0.15) is 0 Å². The van der Waals surface area contributed by atoms with E-state index < -0.39 is 5.54 Å². The Labute approximate surface area is 97.2 Å². The molecular formula is C11H22ClNO2. The van der Waals surface area contributed by atoms with Crippen molar-refractivity contribution in [2.75, 3.05) is 12.5 Å². The van der Waals surface area contributed by atoms with E-state index in [0.29, 0.717) is 12.3 Å². The van der Waals surface area contributed by atoms with Gasteiger partial charge in [0.2, 0.25) is 5.91 Å². The molecule has 0 fully saturated rings. The molecule has 0 saturated carbocycles. The zero-order chi connectivity index (χ0) is 11.7. The second-order valence-corrected chi connectivity index (χ2v) is 4.22. The highest BCUT2D eigenvalue weighted by molar-refractivity contribution is 6.17. The van der Waals surface area contributed by atoms with Crippen LogP contribution in [0.25, 0.3) is 0 Å². The minimum absolute atomic E-state index is 0.00124. The van der Waals surface area contributed by atoms with Gasteiger partial charge in [-0.2, -0.15) is 0 Å². The molecular weight excluding hydrogens is 214 g/mol. The minimum atomic E-state index is -0.432. The van der Waals surface area contributed by atoms with Crippen molar-refractivity contribution in [1.29, 1.82) is 0 Å². The van der Waals surface area contributed by atoms with Crippen LogP contribution in [0.3, 0.4) is 0 Å². The van der Waals surface area contributed by atoms with E-state index in [2.05, 4.69) is 5.32 Å². The second-order valence-electron chi connectivity index (χ2n) is 3.84. The lowest BCUT2D eigenvalue weighted by atomic mass is 9.93. The van der Waals surface area contributed by atoms with Gasteiger partial charge in [0.25, 0.3) is 0 Å². The van der Waals surface area contributed by atoms with Gasteiger partial charge in [-0.05, 0) is 25.7 Å². The Hall–Kier alpha value is -0.280. The number of alkyl halides is 1. The molecule has 0 rings (SSSR count). The number of hydrogen-bond acceptors (Lipinski definition) is 2. The van der Waals surface area contributed by atoms with Crippen LogP contribution in [-0.2, 0) is 4.79 Å². The quantitative estimate of drug-likeness (QED) is 0.500. The summed E-state index contributed by atoms with van der Waals surface area (Å²) in [6, 6.07) is 0. The molecule has 0 aliphatic rings. The van der Waals surface area contributed by atoms with Gasteiger partial charge in [0.05, 0.1) is 12.1 Å². The standard InChI is InChI=1S/C11H22ClNO2/c1-3-11(4-2,9-14)13-10(15)7-5-6-8-12/h14H,3-9H2,1-2H3,(H,13,15). The van der Waals surface area contributed by atoms with Crippen LogP contribution in [0.2, 0.25) is 0 Å². The highest BCUT2D eigenvalue weighted by Crippen LogP contribution is 2.14. The van der Waals surface area contributed by atoms with Crippen molar-refractivity contribution in [3.63, 3.8) is 0 Å². The van der Waals surface area contributed by atoms with Gasteiger partial charge in [0, 0.05) is 12.3 Å². The number of carbonyl (C=O) groups is 1. The maximum atomic E-state index is 11.5. The number of aliphatic hydroxyl groups excluding tert-OH is 1. The predicted molar refractivity (Wildman–Crippen MR) is 63.1 cm³/mol. The highest BCUT2D eigenvalue weighted by atomic mass is 35.5. The third-order valence-corrected chi connectivity index (χ3v) is 3.12. The van der Waals surface area contributed by atoms with Crippen molar-refractivity contribution < 1.29 is 9.90 Å². The summed E-state index contributed by atoms with van der Waals surface area (Å²) >= 11 is 5.53. The number of unbranched alkanes of at least 4 members (excludes halogenated alkanes) is 1. The van der Waals surface area contributed by atoms with Gasteiger partial charge in [-0.3, -0.25) is 4.79 Å². The zero-order valence-electron chi connectivity index (χ0n) is 9.68. The first-order chi connectivity index (χ1) is 7.14. The summed E-state index contributed by atoms with van der Waals surface area (Å²) < 4.78 is 0. The largest absolute Gasteiger partial charge is 0.394 e. The number of nitrogens with one attached hydrogen (secondary N) is 1. The molecule has 1 amide bonds. The zero-order valence-corrected chi connectivity index (χ0v) is 10.4. The molecule has 0 radical (unpaired) electrons. The van der Waals surface area contributed by atoms with E-state index >= 15 is 0 Å². The van der Waals surface area contributed by atoms with Gasteiger partial charge >= 0.3 is 0 Å². The Morgan fingerprint density at radius 1 is 1.33 bits per heavy atom. The van der Waals surface area contributed by atoms with Crippen LogP contribution in [0.4, 0.5) is 0 Å². The molecule has 0 saturated heterocycles. The fraction of sp³-hybridized carbons (Fsp3) is 0.909. The average Bonchev–Trinajstić information content (AvgIpc) is 2.26. The Morgan fingerprint density at radius 3 is 2.33 bits per heavy atom. The Bertz CT molecular complexity index is 173. The molecule has 0 aromatic rings. The number of hydrogen-bond donors (Lipinski definition) is 2. The molecule has 0 spiro atoms. The molecule has 15 heavy (non-hydrogen) atoms. The molecule has 90 valence electrons. The third-order valence-electron chi connectivity index (χ3n) is 2.85. The number of rotatable bonds is 8. The SMILES string of the molecule is CCC(CC)(CO)NC(=O)CCCCCl. The van der Waals surface area contributed by atoms with Crippen LogP contribution in [0.5, 0.6) is 0 Å². The van der Waals surface area contributed by atoms with Crippen molar-refractivity contribution in [2.45, 2.75) is 51.5 Å². The van der Waals surface area contributed by atoms with Gasteiger partial charge in [0.15, 0.2) is 0 Å². The highest BCUT2D eigenvalue weighted by Gasteiger charge is 2.26. The Balaban J connectivity index is 4.00. The maximum Gasteiger partial charge on any atom is 0.220 e. The monoisotopic (exact) mass is 235 g/mol. The predicted octanol–water partition coefficient (Wildman–Crippen LogP) is 2.06. The molecule has 0 unspecified atom stereocenters. The topological polar surface area (TPSA) is 49.3 Å². The maximum absolute atomic E-state index is 11.5. The summed E-state index contributed by atoms with van der Waals surface area (Å²) in [6.45, 7) is 3.94. The summed E-state index contributed by atoms with van der Waals surface area (Å²) in [5, 5.41) is 12.2. The molecule has 0 aromatic heterocycles. The average molecular weight is 236 g/mol. The van der Waals surface area contributed by atoms with E-state index in [1.165, 1.54) is 0 Å². The number of halogens is 1.